The number of aryl methyl sites for hydroxylation is 1. The van der Waals surface area contributed by atoms with Crippen molar-refractivity contribution < 1.29 is 33.1 Å². The van der Waals surface area contributed by atoms with Gasteiger partial charge in [0.15, 0.2) is 23.4 Å². The molecule has 2 bridgehead atoms. The van der Waals surface area contributed by atoms with E-state index in [9.17, 15) is 19.4 Å². The highest BCUT2D eigenvalue weighted by Gasteiger charge is 2.73. The number of carbonyl (C=O) groups is 1. The third-order valence-electron chi connectivity index (χ3n) is 10.2. The van der Waals surface area contributed by atoms with E-state index in [-0.39, 0.29) is 30.6 Å². The SMILES string of the molecule is O=C1CCC2(O)C3Cc4ccc(OP(=O)(O)OCCCCCCc5ccccc5)c5c4C2(CCN3CC2CC2)C1O5. The largest absolute Gasteiger partial charge is 0.527 e. The second-order valence-corrected chi connectivity index (χ2v) is 14.1. The lowest BCUT2D eigenvalue weighted by Crippen LogP contribution is -2.76. The normalized spacial score (nSPS) is 31.3. The van der Waals surface area contributed by atoms with Crippen molar-refractivity contribution in [1.82, 2.24) is 4.90 Å². The summed E-state index contributed by atoms with van der Waals surface area (Å²) in [6.45, 7) is 1.90. The minimum Gasteiger partial charge on any atom is -0.477 e. The molecule has 2 aromatic carbocycles. The Hall–Kier alpha value is -2.22. The number of hydrogen-bond donors (Lipinski definition) is 2. The molecule has 41 heavy (non-hydrogen) atoms. The Labute approximate surface area is 241 Å². The third kappa shape index (κ3) is 4.76. The highest BCUT2D eigenvalue weighted by Crippen LogP contribution is 2.66. The molecule has 2 aliphatic heterocycles. The first-order chi connectivity index (χ1) is 19.8. The topological polar surface area (TPSA) is 106 Å². The number of hydrogen-bond acceptors (Lipinski definition) is 7. The number of phosphoric acid groups is 1. The van der Waals surface area contributed by atoms with Gasteiger partial charge in [-0.25, -0.2) is 4.57 Å². The highest BCUT2D eigenvalue weighted by molar-refractivity contribution is 7.47. The lowest BCUT2D eigenvalue weighted by atomic mass is 9.49. The molecule has 9 heteroatoms. The zero-order chi connectivity index (χ0) is 28.2. The molecular formula is C32H40NO7P. The number of benzene rings is 2. The molecule has 7 rings (SSSR count). The van der Waals surface area contributed by atoms with Gasteiger partial charge in [-0.3, -0.25) is 19.1 Å². The van der Waals surface area contributed by atoms with Crippen LogP contribution in [-0.4, -0.2) is 58.1 Å². The van der Waals surface area contributed by atoms with Crippen molar-refractivity contribution in [2.24, 2.45) is 5.92 Å². The fraction of sp³-hybridized carbons (Fsp3) is 0.594. The van der Waals surface area contributed by atoms with Crippen molar-refractivity contribution in [3.63, 3.8) is 0 Å². The zero-order valence-corrected chi connectivity index (χ0v) is 24.4. The molecule has 3 fully saturated rings. The van der Waals surface area contributed by atoms with Crippen LogP contribution in [0.25, 0.3) is 0 Å². The molecule has 1 spiro atoms. The van der Waals surface area contributed by atoms with Crippen molar-refractivity contribution >= 4 is 13.6 Å². The first kappa shape index (κ1) is 27.6. The summed E-state index contributed by atoms with van der Waals surface area (Å²) in [5, 5.41) is 12.4. The van der Waals surface area contributed by atoms with E-state index >= 15 is 0 Å². The molecule has 3 aliphatic carbocycles. The summed E-state index contributed by atoms with van der Waals surface area (Å²) in [5.74, 6) is 1.12. The van der Waals surface area contributed by atoms with Gasteiger partial charge in [-0.05, 0) is 81.0 Å². The second-order valence-electron chi connectivity index (χ2n) is 12.7. The fourth-order valence-electron chi connectivity index (χ4n) is 8.09. The van der Waals surface area contributed by atoms with Crippen LogP contribution in [0.2, 0.25) is 0 Å². The first-order valence-electron chi connectivity index (χ1n) is 15.3. The summed E-state index contributed by atoms with van der Waals surface area (Å²) in [6.07, 6.45) is 8.27. The maximum Gasteiger partial charge on any atom is 0.527 e. The standard InChI is InChI=1S/C32H40NO7P/c34-25-15-16-32(35)27-20-24-13-14-26(29-28(24)31(32,30(25)39-29)17-18-33(27)21-23-11-12-23)40-41(36,37)38-19-7-2-1-4-8-22-9-5-3-6-10-22/h3,5-6,9-10,13-14,23,27,30,35H,1-2,4,7-8,11-12,15-21H2,(H,36,37). The minimum atomic E-state index is -4.42. The first-order valence-corrected chi connectivity index (χ1v) is 16.8. The van der Waals surface area contributed by atoms with Crippen LogP contribution in [0.4, 0.5) is 0 Å². The number of Topliss-reactive ketones (excluding diaryl/α,β-unsaturated/α-hetero) is 1. The van der Waals surface area contributed by atoms with Gasteiger partial charge in [0.2, 0.25) is 0 Å². The Balaban J connectivity index is 1.04. The Morgan fingerprint density at radius 1 is 1.05 bits per heavy atom. The van der Waals surface area contributed by atoms with Crippen molar-refractivity contribution in [2.75, 3.05) is 19.7 Å². The van der Waals surface area contributed by atoms with Gasteiger partial charge in [-0.15, -0.1) is 0 Å². The van der Waals surface area contributed by atoms with Crippen molar-refractivity contribution in [3.05, 3.63) is 59.2 Å². The van der Waals surface area contributed by atoms with Crippen LogP contribution in [0, 0.1) is 5.92 Å². The highest BCUT2D eigenvalue weighted by atomic mass is 31.2. The average molecular weight is 582 g/mol. The summed E-state index contributed by atoms with van der Waals surface area (Å²) in [6, 6.07) is 13.9. The van der Waals surface area contributed by atoms with E-state index in [4.69, 9.17) is 13.8 Å². The molecule has 0 amide bonds. The number of rotatable bonds is 12. The number of phosphoric ester groups is 1. The van der Waals surface area contributed by atoms with Crippen LogP contribution in [-0.2, 0) is 32.1 Å². The molecule has 0 radical (unpaired) electrons. The van der Waals surface area contributed by atoms with Crippen LogP contribution >= 0.6 is 7.82 Å². The van der Waals surface area contributed by atoms with Gasteiger partial charge in [-0.2, -0.15) is 0 Å². The molecule has 2 heterocycles. The van der Waals surface area contributed by atoms with Gasteiger partial charge in [0, 0.05) is 24.6 Å². The maximum atomic E-state index is 13.2. The Morgan fingerprint density at radius 2 is 1.85 bits per heavy atom. The molecule has 2 N–H and O–H groups in total. The fourth-order valence-corrected chi connectivity index (χ4v) is 8.89. The number of ether oxygens (including phenoxy) is 1. The summed E-state index contributed by atoms with van der Waals surface area (Å²) >= 11 is 0. The zero-order valence-electron chi connectivity index (χ0n) is 23.5. The predicted molar refractivity (Wildman–Crippen MR) is 153 cm³/mol. The maximum absolute atomic E-state index is 13.2. The van der Waals surface area contributed by atoms with Gasteiger partial charge in [0.25, 0.3) is 0 Å². The average Bonchev–Trinajstić information content (AvgIpc) is 3.70. The van der Waals surface area contributed by atoms with E-state index in [1.54, 1.807) is 6.07 Å². The van der Waals surface area contributed by atoms with E-state index < -0.39 is 24.9 Å². The number of likely N-dealkylation sites (tertiary alicyclic amines) is 1. The second kappa shape index (κ2) is 10.5. The molecule has 220 valence electrons. The quantitative estimate of drug-likeness (QED) is 0.263. The summed E-state index contributed by atoms with van der Waals surface area (Å²) in [7, 11) is -4.42. The van der Waals surface area contributed by atoms with Crippen LogP contribution in [0.3, 0.4) is 0 Å². The van der Waals surface area contributed by atoms with E-state index in [1.165, 1.54) is 18.4 Å². The smallest absolute Gasteiger partial charge is 0.477 e. The Morgan fingerprint density at radius 3 is 2.66 bits per heavy atom. The van der Waals surface area contributed by atoms with Gasteiger partial charge in [0.05, 0.1) is 17.6 Å². The summed E-state index contributed by atoms with van der Waals surface area (Å²) in [5.41, 5.74) is 1.21. The molecule has 5 atom stereocenters. The number of unbranched alkanes of at least 4 members (excludes halogenated alkanes) is 3. The molecule has 5 aliphatic rings. The minimum absolute atomic E-state index is 0.0187. The van der Waals surface area contributed by atoms with Gasteiger partial charge < -0.3 is 14.4 Å². The Kier molecular flexibility index (Phi) is 7.07. The monoisotopic (exact) mass is 581 g/mol. The predicted octanol–water partition coefficient (Wildman–Crippen LogP) is 5.12. The van der Waals surface area contributed by atoms with Crippen molar-refractivity contribution in [1.29, 1.82) is 0 Å². The van der Waals surface area contributed by atoms with Crippen LogP contribution in [0.15, 0.2) is 42.5 Å². The van der Waals surface area contributed by atoms with Gasteiger partial charge >= 0.3 is 7.82 Å². The number of nitrogens with zero attached hydrogens (tertiary/aromatic N) is 1. The van der Waals surface area contributed by atoms with E-state index in [0.717, 1.165) is 49.9 Å². The molecular weight excluding hydrogens is 541 g/mol. The molecule has 0 aromatic heterocycles. The van der Waals surface area contributed by atoms with E-state index in [0.29, 0.717) is 37.4 Å². The van der Waals surface area contributed by atoms with Crippen molar-refractivity contribution in [2.45, 2.75) is 93.8 Å². The van der Waals surface area contributed by atoms with E-state index in [1.807, 2.05) is 24.3 Å². The summed E-state index contributed by atoms with van der Waals surface area (Å²) in [4.78, 5) is 26.3. The molecule has 5 unspecified atom stereocenters. The van der Waals surface area contributed by atoms with E-state index in [2.05, 4.69) is 17.0 Å². The number of carbonyl (C=O) groups excluding carboxylic acids is 1. The van der Waals surface area contributed by atoms with Gasteiger partial charge in [0.1, 0.15) is 0 Å². The molecule has 2 aromatic rings. The van der Waals surface area contributed by atoms with Crippen LogP contribution < -0.4 is 9.26 Å². The molecule has 2 saturated carbocycles. The van der Waals surface area contributed by atoms with Crippen molar-refractivity contribution in [3.8, 4) is 11.5 Å². The number of ketones is 1. The van der Waals surface area contributed by atoms with Gasteiger partial charge in [-0.1, -0.05) is 49.2 Å². The number of aliphatic hydroxyl groups is 1. The number of piperidine rings is 1. The summed E-state index contributed by atoms with van der Waals surface area (Å²) < 4.78 is 30.2. The van der Waals surface area contributed by atoms with Crippen LogP contribution in [0.5, 0.6) is 11.5 Å². The molecule has 8 nitrogen and oxygen atoms in total. The Bertz CT molecular complexity index is 1360. The lowest BCUT2D eigenvalue weighted by molar-refractivity contribution is -0.188. The van der Waals surface area contributed by atoms with Crippen LogP contribution in [0.1, 0.15) is 74.5 Å². The third-order valence-corrected chi connectivity index (χ3v) is 11.2. The molecule has 1 saturated heterocycles. The lowest BCUT2D eigenvalue weighted by Gasteiger charge is -2.62.